The van der Waals surface area contributed by atoms with E-state index in [2.05, 4.69) is 19.2 Å². The van der Waals surface area contributed by atoms with E-state index in [1.807, 2.05) is 11.8 Å². The van der Waals surface area contributed by atoms with Crippen molar-refractivity contribution < 1.29 is 9.84 Å². The molecule has 0 aromatic rings. The second kappa shape index (κ2) is 6.12. The monoisotopic (exact) mass is 273 g/mol. The van der Waals surface area contributed by atoms with Gasteiger partial charge in [0.15, 0.2) is 0 Å². The fourth-order valence-corrected chi connectivity index (χ4v) is 4.23. The first-order valence-corrected chi connectivity index (χ1v) is 8.37. The van der Waals surface area contributed by atoms with Crippen LogP contribution in [0.15, 0.2) is 0 Å². The van der Waals surface area contributed by atoms with Crippen molar-refractivity contribution >= 4 is 11.8 Å². The number of thioether (sulfide) groups is 1. The Morgan fingerprint density at radius 3 is 2.78 bits per heavy atom. The van der Waals surface area contributed by atoms with Crippen LogP contribution in [0.4, 0.5) is 0 Å². The Hall–Kier alpha value is 0.230. The number of aliphatic hydroxyl groups is 1. The van der Waals surface area contributed by atoms with Crippen LogP contribution in [0.3, 0.4) is 0 Å². The van der Waals surface area contributed by atoms with Crippen molar-refractivity contribution in [3.05, 3.63) is 0 Å². The third kappa shape index (κ3) is 3.41. The molecule has 0 radical (unpaired) electrons. The Morgan fingerprint density at radius 1 is 1.44 bits per heavy atom. The van der Waals surface area contributed by atoms with Gasteiger partial charge in [-0.1, -0.05) is 6.92 Å². The third-order valence-corrected chi connectivity index (χ3v) is 5.56. The van der Waals surface area contributed by atoms with E-state index in [1.165, 1.54) is 24.3 Å². The Morgan fingerprint density at radius 2 is 2.17 bits per heavy atom. The minimum atomic E-state index is -0.132. The van der Waals surface area contributed by atoms with E-state index in [1.54, 1.807) is 0 Å². The number of rotatable bonds is 4. The lowest BCUT2D eigenvalue weighted by Gasteiger charge is -2.45. The lowest BCUT2D eigenvalue weighted by molar-refractivity contribution is -0.0969. The molecule has 0 aliphatic carbocycles. The number of ether oxygens (including phenoxy) is 1. The van der Waals surface area contributed by atoms with Gasteiger partial charge in [0.1, 0.15) is 0 Å². The minimum absolute atomic E-state index is 0.130. The summed E-state index contributed by atoms with van der Waals surface area (Å²) in [6.07, 6.45) is 5.53. The average Bonchev–Trinajstić information content (AvgIpc) is 2.39. The Kier molecular flexibility index (Phi) is 4.98. The molecule has 106 valence electrons. The van der Waals surface area contributed by atoms with Crippen LogP contribution in [0.2, 0.25) is 0 Å². The molecule has 1 spiro atoms. The maximum atomic E-state index is 9.52. The quantitative estimate of drug-likeness (QED) is 0.824. The normalized spacial score (nSPS) is 31.2. The molecule has 2 rings (SSSR count). The zero-order valence-corrected chi connectivity index (χ0v) is 12.5. The molecule has 2 saturated heterocycles. The first-order valence-electron chi connectivity index (χ1n) is 7.22. The van der Waals surface area contributed by atoms with Crippen molar-refractivity contribution in [3.63, 3.8) is 0 Å². The summed E-state index contributed by atoms with van der Waals surface area (Å²) in [5.74, 6) is 2.47. The van der Waals surface area contributed by atoms with E-state index in [0.29, 0.717) is 6.04 Å². The first-order chi connectivity index (χ1) is 8.61. The van der Waals surface area contributed by atoms with E-state index in [0.717, 1.165) is 25.9 Å². The summed E-state index contributed by atoms with van der Waals surface area (Å²) in [5, 5.41) is 13.2. The van der Waals surface area contributed by atoms with Crippen LogP contribution in [0, 0.1) is 0 Å². The standard InChI is InChI=1S/C14H27NO2S/c1-3-13(2,11-16)15-12-4-7-17-14(10-12)5-8-18-9-6-14/h12,15-16H,3-11H2,1-2H3. The van der Waals surface area contributed by atoms with E-state index >= 15 is 0 Å². The van der Waals surface area contributed by atoms with Gasteiger partial charge in [0.25, 0.3) is 0 Å². The molecule has 0 bridgehead atoms. The SMILES string of the molecule is CCC(C)(CO)NC1CCOC2(CCSCC2)C1. The van der Waals surface area contributed by atoms with E-state index in [4.69, 9.17) is 4.74 Å². The topological polar surface area (TPSA) is 41.5 Å². The molecule has 2 aliphatic rings. The van der Waals surface area contributed by atoms with Crippen LogP contribution in [0.25, 0.3) is 0 Å². The van der Waals surface area contributed by atoms with Crippen molar-refractivity contribution in [2.75, 3.05) is 24.7 Å². The van der Waals surface area contributed by atoms with Crippen molar-refractivity contribution in [2.45, 2.75) is 63.1 Å². The Labute approximate surface area is 115 Å². The van der Waals surface area contributed by atoms with Gasteiger partial charge in [-0.05, 0) is 50.5 Å². The van der Waals surface area contributed by atoms with Crippen molar-refractivity contribution in [1.29, 1.82) is 0 Å². The van der Waals surface area contributed by atoms with Gasteiger partial charge in [-0.3, -0.25) is 0 Å². The number of aliphatic hydroxyl groups excluding tert-OH is 1. The highest BCUT2D eigenvalue weighted by Gasteiger charge is 2.40. The third-order valence-electron chi connectivity index (χ3n) is 4.58. The summed E-state index contributed by atoms with van der Waals surface area (Å²) in [6.45, 7) is 5.33. The predicted octanol–water partition coefficient (Wildman–Crippen LogP) is 2.18. The van der Waals surface area contributed by atoms with Crippen molar-refractivity contribution in [1.82, 2.24) is 5.32 Å². The van der Waals surface area contributed by atoms with Gasteiger partial charge in [0.2, 0.25) is 0 Å². The van der Waals surface area contributed by atoms with Crippen LogP contribution in [0.1, 0.15) is 46.0 Å². The van der Waals surface area contributed by atoms with Crippen LogP contribution in [0.5, 0.6) is 0 Å². The predicted molar refractivity (Wildman–Crippen MR) is 77.2 cm³/mol. The molecule has 2 unspecified atom stereocenters. The average molecular weight is 273 g/mol. The highest BCUT2D eigenvalue weighted by Crippen LogP contribution is 2.38. The summed E-state index contributed by atoms with van der Waals surface area (Å²) < 4.78 is 6.10. The van der Waals surface area contributed by atoms with Crippen LogP contribution < -0.4 is 5.32 Å². The summed E-state index contributed by atoms with van der Waals surface area (Å²) in [7, 11) is 0. The molecule has 0 aromatic carbocycles. The zero-order chi connectivity index (χ0) is 13.1. The molecular weight excluding hydrogens is 246 g/mol. The maximum absolute atomic E-state index is 9.52. The summed E-state index contributed by atoms with van der Waals surface area (Å²) in [5.41, 5.74) is -0.00210. The highest BCUT2D eigenvalue weighted by atomic mass is 32.2. The highest BCUT2D eigenvalue weighted by molar-refractivity contribution is 7.99. The van der Waals surface area contributed by atoms with Crippen molar-refractivity contribution in [2.24, 2.45) is 0 Å². The molecular formula is C14H27NO2S. The molecule has 2 fully saturated rings. The maximum Gasteiger partial charge on any atom is 0.0713 e. The van der Waals surface area contributed by atoms with E-state index < -0.39 is 0 Å². The fraction of sp³-hybridized carbons (Fsp3) is 1.00. The number of hydrogen-bond acceptors (Lipinski definition) is 4. The first kappa shape index (κ1) is 14.6. The summed E-state index contributed by atoms with van der Waals surface area (Å²) in [6, 6.07) is 0.499. The largest absolute Gasteiger partial charge is 0.394 e. The number of nitrogens with one attached hydrogen (secondary N) is 1. The van der Waals surface area contributed by atoms with Gasteiger partial charge >= 0.3 is 0 Å². The second-order valence-electron chi connectivity index (χ2n) is 6.05. The molecule has 2 aliphatic heterocycles. The molecule has 0 aromatic heterocycles. The summed E-state index contributed by atoms with van der Waals surface area (Å²) in [4.78, 5) is 0. The molecule has 18 heavy (non-hydrogen) atoms. The lowest BCUT2D eigenvalue weighted by atomic mass is 9.84. The van der Waals surface area contributed by atoms with Crippen molar-refractivity contribution in [3.8, 4) is 0 Å². The van der Waals surface area contributed by atoms with Crippen LogP contribution in [-0.4, -0.2) is 47.0 Å². The minimum Gasteiger partial charge on any atom is -0.394 e. The van der Waals surface area contributed by atoms with Gasteiger partial charge < -0.3 is 15.2 Å². The van der Waals surface area contributed by atoms with E-state index in [9.17, 15) is 5.11 Å². The summed E-state index contributed by atoms with van der Waals surface area (Å²) >= 11 is 2.05. The van der Waals surface area contributed by atoms with Gasteiger partial charge in [-0.25, -0.2) is 0 Å². The molecule has 2 heterocycles. The fourth-order valence-electron chi connectivity index (χ4n) is 3.00. The van der Waals surface area contributed by atoms with Gasteiger partial charge in [-0.15, -0.1) is 0 Å². The van der Waals surface area contributed by atoms with Gasteiger partial charge in [0.05, 0.1) is 12.2 Å². The lowest BCUT2D eigenvalue weighted by Crippen LogP contribution is -2.56. The molecule has 0 amide bonds. The zero-order valence-electron chi connectivity index (χ0n) is 11.7. The number of hydrogen-bond donors (Lipinski definition) is 2. The molecule has 2 N–H and O–H groups in total. The molecule has 4 heteroatoms. The van der Waals surface area contributed by atoms with Gasteiger partial charge in [-0.2, -0.15) is 11.8 Å². The van der Waals surface area contributed by atoms with Crippen LogP contribution >= 0.6 is 11.8 Å². The Bertz CT molecular complexity index is 257. The Balaban J connectivity index is 1.94. The second-order valence-corrected chi connectivity index (χ2v) is 7.27. The molecule has 3 nitrogen and oxygen atoms in total. The van der Waals surface area contributed by atoms with E-state index in [-0.39, 0.29) is 17.7 Å². The van der Waals surface area contributed by atoms with Crippen LogP contribution in [-0.2, 0) is 4.74 Å². The molecule has 0 saturated carbocycles. The smallest absolute Gasteiger partial charge is 0.0713 e. The molecule has 2 atom stereocenters. The van der Waals surface area contributed by atoms with Gasteiger partial charge in [0, 0.05) is 18.2 Å².